The molecule has 0 spiro atoms. The van der Waals surface area contributed by atoms with Crippen LogP contribution in [-0.4, -0.2) is 17.3 Å². The number of nitrogens with zero attached hydrogens (tertiary/aromatic N) is 1. The molecule has 0 aromatic heterocycles. The van der Waals surface area contributed by atoms with Gasteiger partial charge in [0.1, 0.15) is 0 Å². The van der Waals surface area contributed by atoms with Crippen molar-refractivity contribution in [2.24, 2.45) is 5.92 Å². The van der Waals surface area contributed by atoms with E-state index in [0.29, 0.717) is 18.0 Å². The Morgan fingerprint density at radius 3 is 2.44 bits per heavy atom. The van der Waals surface area contributed by atoms with Gasteiger partial charge in [-0.05, 0) is 49.9 Å². The number of anilines is 1. The molecule has 1 aromatic carbocycles. The lowest BCUT2D eigenvalue weighted by atomic mass is 9.95. The maximum absolute atomic E-state index is 10.2. The van der Waals surface area contributed by atoms with Crippen LogP contribution in [0.2, 0.25) is 0 Å². The zero-order valence-electron chi connectivity index (χ0n) is 11.4. The first-order chi connectivity index (χ1) is 8.43. The van der Waals surface area contributed by atoms with Gasteiger partial charge in [-0.25, -0.2) is 0 Å². The van der Waals surface area contributed by atoms with E-state index >= 15 is 0 Å². The molecule has 1 unspecified atom stereocenters. The van der Waals surface area contributed by atoms with E-state index in [-0.39, 0.29) is 0 Å². The van der Waals surface area contributed by atoms with E-state index < -0.39 is 5.60 Å². The van der Waals surface area contributed by atoms with Crippen molar-refractivity contribution in [3.63, 3.8) is 0 Å². The van der Waals surface area contributed by atoms with Gasteiger partial charge in [0.25, 0.3) is 0 Å². The molecular formula is C15H22N2O. The summed E-state index contributed by atoms with van der Waals surface area (Å²) in [5.41, 5.74) is 0.879. The lowest BCUT2D eigenvalue weighted by Gasteiger charge is -2.25. The molecule has 0 aliphatic rings. The molecular weight excluding hydrogens is 224 g/mol. The summed E-state index contributed by atoms with van der Waals surface area (Å²) >= 11 is 0. The molecule has 98 valence electrons. The summed E-state index contributed by atoms with van der Waals surface area (Å²) in [7, 11) is 0. The predicted octanol–water partition coefficient (Wildman–Crippen LogP) is 3.16. The highest BCUT2D eigenvalue weighted by atomic mass is 16.3. The minimum atomic E-state index is -0.696. The first-order valence-corrected chi connectivity index (χ1v) is 6.39. The van der Waals surface area contributed by atoms with Gasteiger partial charge < -0.3 is 10.4 Å². The topological polar surface area (TPSA) is 56.0 Å². The number of aliphatic hydroxyl groups is 1. The summed E-state index contributed by atoms with van der Waals surface area (Å²) in [5.74, 6) is 0.603. The van der Waals surface area contributed by atoms with Gasteiger partial charge >= 0.3 is 0 Å². The fraction of sp³-hybridized carbons (Fsp3) is 0.533. The summed E-state index contributed by atoms with van der Waals surface area (Å²) in [4.78, 5) is 0. The van der Waals surface area contributed by atoms with Crippen molar-refractivity contribution in [1.29, 1.82) is 5.26 Å². The van der Waals surface area contributed by atoms with Crippen LogP contribution in [0.5, 0.6) is 0 Å². The van der Waals surface area contributed by atoms with Crippen LogP contribution < -0.4 is 5.32 Å². The zero-order valence-corrected chi connectivity index (χ0v) is 11.4. The van der Waals surface area contributed by atoms with Gasteiger partial charge in [0.15, 0.2) is 0 Å². The van der Waals surface area contributed by atoms with Crippen LogP contribution in [0.15, 0.2) is 24.3 Å². The van der Waals surface area contributed by atoms with Crippen LogP contribution in [0.3, 0.4) is 0 Å². The Bertz CT molecular complexity index is 401. The second-order valence-corrected chi connectivity index (χ2v) is 5.47. The van der Waals surface area contributed by atoms with Gasteiger partial charge in [-0.3, -0.25) is 0 Å². The first-order valence-electron chi connectivity index (χ1n) is 6.39. The minimum absolute atomic E-state index is 0.519. The number of nitrogens with one attached hydrogen (secondary N) is 1. The number of hydrogen-bond acceptors (Lipinski definition) is 3. The summed E-state index contributed by atoms with van der Waals surface area (Å²) < 4.78 is 0. The third kappa shape index (κ3) is 5.20. The maximum Gasteiger partial charge on any atom is 0.0991 e. The first kappa shape index (κ1) is 14.5. The Balaban J connectivity index is 2.45. The molecule has 0 saturated heterocycles. The molecule has 0 heterocycles. The Morgan fingerprint density at radius 2 is 1.94 bits per heavy atom. The van der Waals surface area contributed by atoms with Gasteiger partial charge in [-0.2, -0.15) is 5.26 Å². The zero-order chi connectivity index (χ0) is 13.6. The van der Waals surface area contributed by atoms with Crippen LogP contribution >= 0.6 is 0 Å². The third-order valence-corrected chi connectivity index (χ3v) is 2.95. The molecule has 0 fully saturated rings. The monoisotopic (exact) mass is 246 g/mol. The number of hydrogen-bond donors (Lipinski definition) is 2. The van der Waals surface area contributed by atoms with Crippen LogP contribution in [0.4, 0.5) is 5.69 Å². The molecule has 18 heavy (non-hydrogen) atoms. The quantitative estimate of drug-likeness (QED) is 0.810. The largest absolute Gasteiger partial charge is 0.388 e. The predicted molar refractivity (Wildman–Crippen MR) is 74.3 cm³/mol. The van der Waals surface area contributed by atoms with E-state index in [1.165, 1.54) is 0 Å². The second kappa shape index (κ2) is 6.42. The third-order valence-electron chi connectivity index (χ3n) is 2.95. The Hall–Kier alpha value is -1.53. The molecule has 0 amide bonds. The van der Waals surface area contributed by atoms with Crippen molar-refractivity contribution in [1.82, 2.24) is 0 Å². The Labute approximate surface area is 109 Å². The number of rotatable bonds is 6. The molecule has 0 aliphatic carbocycles. The Kier molecular flexibility index (Phi) is 5.18. The molecule has 3 nitrogen and oxygen atoms in total. The smallest absolute Gasteiger partial charge is 0.0991 e. The van der Waals surface area contributed by atoms with Crippen molar-refractivity contribution >= 4 is 5.69 Å². The average Bonchev–Trinajstić information content (AvgIpc) is 2.35. The van der Waals surface area contributed by atoms with Crippen molar-refractivity contribution in [2.45, 2.75) is 39.2 Å². The van der Waals surface area contributed by atoms with E-state index in [9.17, 15) is 5.11 Å². The summed E-state index contributed by atoms with van der Waals surface area (Å²) in [6.45, 7) is 6.69. The molecule has 0 radical (unpaired) electrons. The molecule has 3 heteroatoms. The SMILES string of the molecule is CC(C)CCC(C)(O)CNc1ccc(C#N)cc1. The lowest BCUT2D eigenvalue weighted by Crippen LogP contribution is -2.33. The molecule has 0 bridgehead atoms. The van der Waals surface area contributed by atoms with Crippen molar-refractivity contribution in [3.8, 4) is 6.07 Å². The molecule has 1 aromatic rings. The Morgan fingerprint density at radius 1 is 1.33 bits per heavy atom. The van der Waals surface area contributed by atoms with Crippen LogP contribution in [0.25, 0.3) is 0 Å². The summed E-state index contributed by atoms with van der Waals surface area (Å²) in [6.07, 6.45) is 1.80. The highest BCUT2D eigenvalue weighted by Crippen LogP contribution is 2.18. The van der Waals surface area contributed by atoms with Crippen molar-refractivity contribution < 1.29 is 5.11 Å². The lowest BCUT2D eigenvalue weighted by molar-refractivity contribution is 0.0586. The van der Waals surface area contributed by atoms with Crippen LogP contribution in [-0.2, 0) is 0 Å². The summed E-state index contributed by atoms with van der Waals surface area (Å²) in [5, 5.41) is 22.1. The van der Waals surface area contributed by atoms with E-state index in [4.69, 9.17) is 5.26 Å². The minimum Gasteiger partial charge on any atom is -0.388 e. The normalized spacial score (nSPS) is 14.0. The number of benzene rings is 1. The molecule has 2 N–H and O–H groups in total. The van der Waals surface area contributed by atoms with E-state index in [1.807, 2.05) is 19.1 Å². The highest BCUT2D eigenvalue weighted by Gasteiger charge is 2.20. The fourth-order valence-electron chi connectivity index (χ4n) is 1.64. The standard InChI is InChI=1S/C15H22N2O/c1-12(2)8-9-15(3,18)11-17-14-6-4-13(10-16)5-7-14/h4-7,12,17-18H,8-9,11H2,1-3H3. The highest BCUT2D eigenvalue weighted by molar-refractivity contribution is 5.47. The van der Waals surface area contributed by atoms with Crippen molar-refractivity contribution in [3.05, 3.63) is 29.8 Å². The van der Waals surface area contributed by atoms with E-state index in [1.54, 1.807) is 12.1 Å². The van der Waals surface area contributed by atoms with Gasteiger partial charge in [-0.15, -0.1) is 0 Å². The van der Waals surface area contributed by atoms with Gasteiger partial charge in [0.2, 0.25) is 0 Å². The van der Waals surface area contributed by atoms with Gasteiger partial charge in [0.05, 0.1) is 17.2 Å². The number of nitriles is 1. The second-order valence-electron chi connectivity index (χ2n) is 5.47. The van der Waals surface area contributed by atoms with Crippen LogP contribution in [0, 0.1) is 17.2 Å². The van der Waals surface area contributed by atoms with Crippen molar-refractivity contribution in [2.75, 3.05) is 11.9 Å². The maximum atomic E-state index is 10.2. The molecule has 0 aliphatic heterocycles. The van der Waals surface area contributed by atoms with Gasteiger partial charge in [-0.1, -0.05) is 13.8 Å². The molecule has 0 saturated carbocycles. The fourth-order valence-corrected chi connectivity index (χ4v) is 1.64. The molecule has 1 rings (SSSR count). The van der Waals surface area contributed by atoms with E-state index in [2.05, 4.69) is 25.2 Å². The van der Waals surface area contributed by atoms with E-state index in [0.717, 1.165) is 18.5 Å². The van der Waals surface area contributed by atoms with Crippen LogP contribution in [0.1, 0.15) is 39.2 Å². The summed E-state index contributed by atoms with van der Waals surface area (Å²) in [6, 6.07) is 9.34. The molecule has 1 atom stereocenters. The van der Waals surface area contributed by atoms with Gasteiger partial charge in [0, 0.05) is 12.2 Å². The average molecular weight is 246 g/mol.